The van der Waals surface area contributed by atoms with E-state index in [1.54, 1.807) is 46.5 Å². The van der Waals surface area contributed by atoms with Crippen LogP contribution in [0.1, 0.15) is 45.0 Å². The number of thiophene rings is 1. The predicted molar refractivity (Wildman–Crippen MR) is 134 cm³/mol. The van der Waals surface area contributed by atoms with Crippen LogP contribution in [0.5, 0.6) is 0 Å². The van der Waals surface area contributed by atoms with Gasteiger partial charge in [-0.05, 0) is 47.7 Å². The first-order valence-electron chi connectivity index (χ1n) is 11.4. The van der Waals surface area contributed by atoms with Crippen LogP contribution in [0.3, 0.4) is 0 Å². The number of aliphatic hydroxyl groups is 1. The Kier molecular flexibility index (Phi) is 7.24. The number of esters is 1. The number of piperidine rings is 1. The van der Waals surface area contributed by atoms with Gasteiger partial charge in [0.25, 0.3) is 0 Å². The van der Waals surface area contributed by atoms with Crippen molar-refractivity contribution >= 4 is 28.9 Å². The standard InChI is InChI=1S/C26H25ClN4O3S/c27-20-10-8-18(9-11-20)23-13-24(25(32)16-30(23)15-22-7-4-12-35-22)31-14-21(28-29-31)17-34-26(33)19-5-2-1-3-6-19/h1-12,14,23-25,32H,13,15-17H2. The van der Waals surface area contributed by atoms with Crippen molar-refractivity contribution in [3.8, 4) is 0 Å². The van der Waals surface area contributed by atoms with Gasteiger partial charge in [0.1, 0.15) is 12.3 Å². The number of nitrogens with zero attached hydrogens (tertiary/aromatic N) is 4. The van der Waals surface area contributed by atoms with Crippen molar-refractivity contribution in [2.75, 3.05) is 6.54 Å². The lowest BCUT2D eigenvalue weighted by Gasteiger charge is -2.42. The molecule has 4 aromatic rings. The minimum Gasteiger partial charge on any atom is -0.455 e. The fraction of sp³-hybridized carbons (Fsp3) is 0.269. The molecule has 1 aliphatic rings. The molecule has 0 aliphatic carbocycles. The van der Waals surface area contributed by atoms with Gasteiger partial charge >= 0.3 is 5.97 Å². The van der Waals surface area contributed by atoms with E-state index in [0.29, 0.717) is 29.2 Å². The van der Waals surface area contributed by atoms with Crippen LogP contribution < -0.4 is 0 Å². The summed E-state index contributed by atoms with van der Waals surface area (Å²) in [6.07, 6.45) is 1.78. The monoisotopic (exact) mass is 508 g/mol. The molecule has 2 aromatic heterocycles. The summed E-state index contributed by atoms with van der Waals surface area (Å²) in [5.74, 6) is -0.412. The van der Waals surface area contributed by atoms with Crippen molar-refractivity contribution in [2.45, 2.75) is 37.8 Å². The molecule has 3 unspecified atom stereocenters. The summed E-state index contributed by atoms with van der Waals surface area (Å²) >= 11 is 7.84. The fourth-order valence-electron chi connectivity index (χ4n) is 4.46. The highest BCUT2D eigenvalue weighted by Crippen LogP contribution is 2.38. The maximum absolute atomic E-state index is 12.2. The summed E-state index contributed by atoms with van der Waals surface area (Å²) in [5, 5.41) is 22.3. The number of aromatic nitrogens is 3. The van der Waals surface area contributed by atoms with Crippen LogP contribution in [0.4, 0.5) is 0 Å². The maximum atomic E-state index is 12.2. The normalized spacial score (nSPS) is 20.6. The van der Waals surface area contributed by atoms with Gasteiger partial charge in [0.05, 0.1) is 23.9 Å². The number of hydrogen-bond donors (Lipinski definition) is 1. The molecule has 1 saturated heterocycles. The van der Waals surface area contributed by atoms with E-state index in [4.69, 9.17) is 16.3 Å². The van der Waals surface area contributed by atoms with Crippen LogP contribution in [0.15, 0.2) is 78.3 Å². The predicted octanol–water partition coefficient (Wildman–Crippen LogP) is 4.90. The summed E-state index contributed by atoms with van der Waals surface area (Å²) in [6.45, 7) is 1.27. The highest BCUT2D eigenvalue weighted by molar-refractivity contribution is 7.09. The molecule has 0 bridgehead atoms. The second kappa shape index (κ2) is 10.7. The molecule has 0 radical (unpaired) electrons. The van der Waals surface area contributed by atoms with E-state index in [1.807, 2.05) is 36.4 Å². The lowest BCUT2D eigenvalue weighted by atomic mass is 9.90. The van der Waals surface area contributed by atoms with E-state index in [0.717, 1.165) is 12.1 Å². The molecule has 2 aromatic carbocycles. The fourth-order valence-corrected chi connectivity index (χ4v) is 5.31. The lowest BCUT2D eigenvalue weighted by Crippen LogP contribution is -2.46. The number of aliphatic hydroxyl groups excluding tert-OH is 1. The zero-order valence-electron chi connectivity index (χ0n) is 18.9. The van der Waals surface area contributed by atoms with Gasteiger partial charge in [0.15, 0.2) is 0 Å². The Morgan fingerprint density at radius 2 is 1.91 bits per heavy atom. The smallest absolute Gasteiger partial charge is 0.338 e. The number of ether oxygens (including phenoxy) is 1. The Morgan fingerprint density at radius 1 is 1.11 bits per heavy atom. The summed E-state index contributed by atoms with van der Waals surface area (Å²) < 4.78 is 7.08. The highest BCUT2D eigenvalue weighted by atomic mass is 35.5. The van der Waals surface area contributed by atoms with Crippen LogP contribution in [0, 0.1) is 0 Å². The van der Waals surface area contributed by atoms with Crippen molar-refractivity contribution in [1.82, 2.24) is 19.9 Å². The molecular formula is C26H25ClN4O3S. The number of hydrogen-bond acceptors (Lipinski definition) is 7. The average molecular weight is 509 g/mol. The van der Waals surface area contributed by atoms with Crippen molar-refractivity contribution in [2.24, 2.45) is 0 Å². The second-order valence-corrected chi connectivity index (χ2v) is 10.0. The van der Waals surface area contributed by atoms with Gasteiger partial charge in [-0.15, -0.1) is 16.4 Å². The number of carbonyl (C=O) groups is 1. The second-order valence-electron chi connectivity index (χ2n) is 8.58. The quantitative estimate of drug-likeness (QED) is 0.358. The number of β-amino-alcohol motifs (C(OH)–C–C–N with tert-alkyl or cyclic N) is 1. The van der Waals surface area contributed by atoms with Crippen LogP contribution in [0.25, 0.3) is 0 Å². The molecule has 0 saturated carbocycles. The number of rotatable bonds is 7. The van der Waals surface area contributed by atoms with Crippen molar-refractivity contribution < 1.29 is 14.6 Å². The molecule has 180 valence electrons. The molecule has 5 rings (SSSR count). The average Bonchev–Trinajstić information content (AvgIpc) is 3.56. The van der Waals surface area contributed by atoms with Crippen LogP contribution in [0.2, 0.25) is 5.02 Å². The lowest BCUT2D eigenvalue weighted by molar-refractivity contribution is -0.0131. The first-order chi connectivity index (χ1) is 17.1. The molecule has 1 fully saturated rings. The minimum absolute atomic E-state index is 0.0155. The summed E-state index contributed by atoms with van der Waals surface area (Å²) in [4.78, 5) is 15.8. The molecule has 7 nitrogen and oxygen atoms in total. The first kappa shape index (κ1) is 23.7. The molecule has 0 spiro atoms. The topological polar surface area (TPSA) is 80.5 Å². The largest absolute Gasteiger partial charge is 0.455 e. The summed E-state index contributed by atoms with van der Waals surface area (Å²) in [5.41, 5.74) is 2.16. The van der Waals surface area contributed by atoms with Crippen LogP contribution in [-0.4, -0.2) is 43.6 Å². The molecule has 0 amide bonds. The molecule has 1 N–H and O–H groups in total. The van der Waals surface area contributed by atoms with E-state index in [9.17, 15) is 9.90 Å². The summed E-state index contributed by atoms with van der Waals surface area (Å²) in [7, 11) is 0. The van der Waals surface area contributed by atoms with Gasteiger partial charge in [0, 0.05) is 29.0 Å². The molecule has 3 atom stereocenters. The van der Waals surface area contributed by atoms with Crippen molar-refractivity contribution in [1.29, 1.82) is 0 Å². The van der Waals surface area contributed by atoms with Gasteiger partial charge in [-0.1, -0.05) is 53.2 Å². The first-order valence-corrected chi connectivity index (χ1v) is 12.7. The number of carbonyl (C=O) groups excluding carboxylic acids is 1. The third-order valence-corrected chi connectivity index (χ3v) is 7.34. The molecule has 35 heavy (non-hydrogen) atoms. The van der Waals surface area contributed by atoms with Gasteiger partial charge in [-0.2, -0.15) is 0 Å². The van der Waals surface area contributed by atoms with Gasteiger partial charge in [-0.3, -0.25) is 4.90 Å². The number of halogens is 1. The Balaban J connectivity index is 1.31. The van der Waals surface area contributed by atoms with Gasteiger partial charge in [0.2, 0.25) is 0 Å². The van der Waals surface area contributed by atoms with Crippen molar-refractivity contribution in [3.63, 3.8) is 0 Å². The van der Waals surface area contributed by atoms with Gasteiger partial charge in [-0.25, -0.2) is 9.48 Å². The van der Waals surface area contributed by atoms with Crippen molar-refractivity contribution in [3.05, 3.63) is 105 Å². The zero-order valence-corrected chi connectivity index (χ0v) is 20.5. The SMILES string of the molecule is O=C(OCc1cn(C2CC(c3ccc(Cl)cc3)N(Cc3cccs3)CC2O)nn1)c1ccccc1. The molecule has 3 heterocycles. The van der Waals surface area contributed by atoms with E-state index in [2.05, 4.69) is 26.7 Å². The van der Waals surface area contributed by atoms with E-state index < -0.39 is 12.1 Å². The van der Waals surface area contributed by atoms with Crippen LogP contribution in [-0.2, 0) is 17.9 Å². The molecule has 9 heteroatoms. The maximum Gasteiger partial charge on any atom is 0.338 e. The number of benzene rings is 2. The Bertz CT molecular complexity index is 1250. The highest BCUT2D eigenvalue weighted by Gasteiger charge is 2.37. The van der Waals surface area contributed by atoms with Crippen LogP contribution >= 0.6 is 22.9 Å². The zero-order chi connectivity index (χ0) is 24.2. The summed E-state index contributed by atoms with van der Waals surface area (Å²) in [6, 6.07) is 20.7. The van der Waals surface area contributed by atoms with E-state index in [1.165, 1.54) is 4.88 Å². The Labute approximate surface area is 212 Å². The van der Waals surface area contributed by atoms with Gasteiger partial charge < -0.3 is 9.84 Å². The third kappa shape index (κ3) is 5.62. The minimum atomic E-state index is -0.625. The van der Waals surface area contributed by atoms with E-state index >= 15 is 0 Å². The molecular weight excluding hydrogens is 484 g/mol. The number of likely N-dealkylation sites (tertiary alicyclic amines) is 1. The molecule has 1 aliphatic heterocycles. The Hall–Kier alpha value is -3.04. The van der Waals surface area contributed by atoms with E-state index in [-0.39, 0.29) is 18.7 Å². The Morgan fingerprint density at radius 3 is 2.66 bits per heavy atom. The third-order valence-electron chi connectivity index (χ3n) is 6.22.